The van der Waals surface area contributed by atoms with E-state index in [0.29, 0.717) is 0 Å². The van der Waals surface area contributed by atoms with Crippen LogP contribution in [0.5, 0.6) is 0 Å². The van der Waals surface area contributed by atoms with Gasteiger partial charge in [-0.15, -0.1) is 11.3 Å². The number of hydrogen-bond acceptors (Lipinski definition) is 2. The maximum Gasteiger partial charge on any atom is 0.0701 e. The predicted octanol–water partition coefficient (Wildman–Crippen LogP) is 2.94. The van der Waals surface area contributed by atoms with Crippen molar-refractivity contribution in [2.75, 3.05) is 0 Å². The quantitative estimate of drug-likeness (QED) is 0.675. The fourth-order valence-corrected chi connectivity index (χ4v) is 2.08. The van der Waals surface area contributed by atoms with Crippen molar-refractivity contribution in [1.82, 2.24) is 0 Å². The highest BCUT2D eigenvalue weighted by Gasteiger charge is 1.91. The number of thiol groups is 1. The number of thiophene rings is 1. The van der Waals surface area contributed by atoms with Crippen LogP contribution in [0.2, 0.25) is 0 Å². The SMILES string of the molecule is SCc1ccc(Br)s1. The normalized spacial score (nSPS) is 9.75. The molecule has 0 bridgehead atoms. The highest BCUT2D eigenvalue weighted by atomic mass is 79.9. The molecule has 0 spiro atoms. The Morgan fingerprint density at radius 1 is 1.62 bits per heavy atom. The van der Waals surface area contributed by atoms with Gasteiger partial charge in [0.15, 0.2) is 0 Å². The summed E-state index contributed by atoms with van der Waals surface area (Å²) >= 11 is 9.20. The second-order valence-corrected chi connectivity index (χ2v) is 4.23. The van der Waals surface area contributed by atoms with Crippen LogP contribution in [-0.2, 0) is 5.75 Å². The molecule has 0 saturated carbocycles. The molecule has 0 fully saturated rings. The summed E-state index contributed by atoms with van der Waals surface area (Å²) in [4.78, 5) is 1.31. The second kappa shape index (κ2) is 2.90. The van der Waals surface area contributed by atoms with Crippen molar-refractivity contribution in [1.29, 1.82) is 0 Å². The van der Waals surface area contributed by atoms with Crippen molar-refractivity contribution in [3.63, 3.8) is 0 Å². The van der Waals surface area contributed by atoms with Gasteiger partial charge in [-0.3, -0.25) is 0 Å². The first kappa shape index (κ1) is 6.65. The van der Waals surface area contributed by atoms with Crippen LogP contribution < -0.4 is 0 Å². The first-order valence-electron chi connectivity index (χ1n) is 2.18. The van der Waals surface area contributed by atoms with Gasteiger partial charge in [0, 0.05) is 10.6 Å². The molecule has 0 atom stereocenters. The van der Waals surface area contributed by atoms with Gasteiger partial charge in [0.05, 0.1) is 3.79 Å². The van der Waals surface area contributed by atoms with Gasteiger partial charge in [0.2, 0.25) is 0 Å². The third-order valence-electron chi connectivity index (χ3n) is 0.785. The summed E-state index contributed by atoms with van der Waals surface area (Å²) in [6, 6.07) is 4.11. The van der Waals surface area contributed by atoms with E-state index in [9.17, 15) is 0 Å². The monoisotopic (exact) mass is 208 g/mol. The Morgan fingerprint density at radius 2 is 2.38 bits per heavy atom. The standard InChI is InChI=1S/C5H5BrS2/c6-5-2-1-4(3-7)8-5/h1-2,7H,3H2. The minimum atomic E-state index is 0.844. The van der Waals surface area contributed by atoms with Gasteiger partial charge >= 0.3 is 0 Å². The van der Waals surface area contributed by atoms with Crippen molar-refractivity contribution in [3.8, 4) is 0 Å². The summed E-state index contributed by atoms with van der Waals surface area (Å²) in [6.07, 6.45) is 0. The Labute approximate surface area is 66.5 Å². The van der Waals surface area contributed by atoms with Gasteiger partial charge in [-0.1, -0.05) is 0 Å². The van der Waals surface area contributed by atoms with Crippen LogP contribution in [0.15, 0.2) is 15.9 Å². The molecule has 8 heavy (non-hydrogen) atoms. The molecule has 0 aliphatic carbocycles. The summed E-state index contributed by atoms with van der Waals surface area (Å²) in [7, 11) is 0. The van der Waals surface area contributed by atoms with E-state index >= 15 is 0 Å². The summed E-state index contributed by atoms with van der Waals surface area (Å²) in [6.45, 7) is 0. The van der Waals surface area contributed by atoms with Crippen molar-refractivity contribution in [2.45, 2.75) is 5.75 Å². The molecule has 0 saturated heterocycles. The zero-order valence-corrected chi connectivity index (χ0v) is 7.39. The highest BCUT2D eigenvalue weighted by molar-refractivity contribution is 9.11. The molecule has 0 aliphatic heterocycles. The van der Waals surface area contributed by atoms with E-state index in [-0.39, 0.29) is 0 Å². The Kier molecular flexibility index (Phi) is 2.41. The van der Waals surface area contributed by atoms with Crippen LogP contribution in [0.1, 0.15) is 4.88 Å². The molecule has 0 N–H and O–H groups in total. The van der Waals surface area contributed by atoms with Crippen LogP contribution in [0.25, 0.3) is 0 Å². The molecule has 0 amide bonds. The number of rotatable bonds is 1. The van der Waals surface area contributed by atoms with Gasteiger partial charge in [-0.05, 0) is 28.1 Å². The molecule has 0 aromatic carbocycles. The Balaban J connectivity index is 2.84. The molecule has 0 aliphatic rings. The lowest BCUT2D eigenvalue weighted by atomic mass is 10.5. The van der Waals surface area contributed by atoms with Gasteiger partial charge in [-0.2, -0.15) is 12.6 Å². The molecule has 0 radical (unpaired) electrons. The largest absolute Gasteiger partial charge is 0.174 e. The van der Waals surface area contributed by atoms with Crippen LogP contribution in [-0.4, -0.2) is 0 Å². The van der Waals surface area contributed by atoms with E-state index in [1.165, 1.54) is 8.66 Å². The van der Waals surface area contributed by atoms with Crippen LogP contribution in [0.4, 0.5) is 0 Å². The van der Waals surface area contributed by atoms with Crippen molar-refractivity contribution >= 4 is 39.9 Å². The van der Waals surface area contributed by atoms with Crippen molar-refractivity contribution in [2.24, 2.45) is 0 Å². The second-order valence-electron chi connectivity index (χ2n) is 1.36. The van der Waals surface area contributed by atoms with Crippen LogP contribution in [0.3, 0.4) is 0 Å². The summed E-state index contributed by atoms with van der Waals surface area (Å²) in [5, 5.41) is 0. The van der Waals surface area contributed by atoms with E-state index in [1.54, 1.807) is 11.3 Å². The summed E-state index contributed by atoms with van der Waals surface area (Å²) in [5.74, 6) is 0.844. The molecule has 1 aromatic heterocycles. The van der Waals surface area contributed by atoms with Crippen LogP contribution in [0, 0.1) is 0 Å². The average Bonchev–Trinajstić information content (AvgIpc) is 2.14. The Hall–Kier alpha value is 0.530. The first-order chi connectivity index (χ1) is 3.83. The lowest BCUT2D eigenvalue weighted by Gasteiger charge is -1.79. The maximum absolute atomic E-state index is 4.11. The number of hydrogen-bond donors (Lipinski definition) is 1. The summed E-state index contributed by atoms with van der Waals surface area (Å²) < 4.78 is 1.18. The van der Waals surface area contributed by atoms with E-state index in [2.05, 4.69) is 34.6 Å². The zero-order valence-electron chi connectivity index (χ0n) is 4.10. The smallest absolute Gasteiger partial charge is 0.0701 e. The topological polar surface area (TPSA) is 0 Å². The Morgan fingerprint density at radius 3 is 2.62 bits per heavy atom. The fraction of sp³-hybridized carbons (Fsp3) is 0.200. The fourth-order valence-electron chi connectivity index (χ4n) is 0.437. The lowest BCUT2D eigenvalue weighted by molar-refractivity contribution is 1.57. The third kappa shape index (κ3) is 1.50. The minimum Gasteiger partial charge on any atom is -0.174 e. The van der Waals surface area contributed by atoms with Crippen molar-refractivity contribution in [3.05, 3.63) is 20.8 Å². The minimum absolute atomic E-state index is 0.844. The zero-order chi connectivity index (χ0) is 5.98. The molecule has 44 valence electrons. The molecule has 0 unspecified atom stereocenters. The molecule has 1 aromatic rings. The van der Waals surface area contributed by atoms with Gasteiger partial charge < -0.3 is 0 Å². The third-order valence-corrected chi connectivity index (χ3v) is 2.96. The first-order valence-corrected chi connectivity index (χ1v) is 4.42. The van der Waals surface area contributed by atoms with E-state index in [4.69, 9.17) is 0 Å². The van der Waals surface area contributed by atoms with E-state index in [1.807, 2.05) is 6.07 Å². The predicted molar refractivity (Wildman–Crippen MR) is 44.7 cm³/mol. The molecular weight excluding hydrogens is 204 g/mol. The highest BCUT2D eigenvalue weighted by Crippen LogP contribution is 2.22. The van der Waals surface area contributed by atoms with Gasteiger partial charge in [0.1, 0.15) is 0 Å². The molecular formula is C5H5BrS2. The van der Waals surface area contributed by atoms with E-state index in [0.717, 1.165) is 5.75 Å². The lowest BCUT2D eigenvalue weighted by Crippen LogP contribution is -1.58. The van der Waals surface area contributed by atoms with Crippen molar-refractivity contribution < 1.29 is 0 Å². The molecule has 1 heterocycles. The summed E-state index contributed by atoms with van der Waals surface area (Å²) in [5.41, 5.74) is 0. The van der Waals surface area contributed by atoms with Gasteiger partial charge in [0.25, 0.3) is 0 Å². The van der Waals surface area contributed by atoms with Gasteiger partial charge in [-0.25, -0.2) is 0 Å². The average molecular weight is 209 g/mol. The molecule has 0 nitrogen and oxygen atoms in total. The Bertz CT molecular complexity index is 171. The van der Waals surface area contributed by atoms with Crippen LogP contribution >= 0.6 is 39.9 Å². The molecule has 1 rings (SSSR count). The molecule has 3 heteroatoms. The maximum atomic E-state index is 4.11. The van der Waals surface area contributed by atoms with E-state index < -0.39 is 0 Å². The number of halogens is 1.